The number of oxime groups is 7. The molecule has 0 bridgehead atoms. The number of hydrogen-bond acceptors (Lipinski definition) is 38. The third kappa shape index (κ3) is 27.3. The van der Waals surface area contributed by atoms with Crippen LogP contribution in [0.4, 0.5) is 61.5 Å². The van der Waals surface area contributed by atoms with Crippen LogP contribution >= 0.6 is 0 Å². The number of nitrogens with zero attached hydrogens (tertiary/aromatic N) is 21. The van der Waals surface area contributed by atoms with Gasteiger partial charge in [-0.05, 0) is 145 Å². The van der Waals surface area contributed by atoms with Gasteiger partial charge in [0, 0.05) is 123 Å². The second kappa shape index (κ2) is 42.8. The molecule has 0 amide bonds. The summed E-state index contributed by atoms with van der Waals surface area (Å²) in [7, 11) is -20.3. The third-order valence-corrected chi connectivity index (χ3v) is 33.0. The average molecular weight is 2240 g/mol. The van der Waals surface area contributed by atoms with E-state index in [-0.39, 0.29) is 75.5 Å². The molecule has 0 aliphatic carbocycles. The van der Waals surface area contributed by atoms with Crippen molar-refractivity contribution in [3.63, 3.8) is 0 Å². The average Bonchev–Trinajstić information content (AvgIpc) is 1.56. The van der Waals surface area contributed by atoms with Crippen LogP contribution in [0.3, 0.4) is 0 Å². The first-order valence-corrected chi connectivity index (χ1v) is 53.8. The Kier molecular flexibility index (Phi) is 35.2. The molecule has 0 fully saturated rings. The molecule has 146 heavy (non-hydrogen) atoms. The zero-order valence-corrected chi connectivity index (χ0v) is 89.6. The predicted molar refractivity (Wildman–Crippen MR) is 496 cm³/mol. The Morgan fingerprint density at radius 1 is 0.349 bits per heavy atom. The highest BCUT2D eigenvalue weighted by Crippen LogP contribution is 2.47. The van der Waals surface area contributed by atoms with E-state index in [1.807, 2.05) is 13.8 Å². The van der Waals surface area contributed by atoms with Crippen molar-refractivity contribution in [3.8, 4) is 17.6 Å². The van der Waals surface area contributed by atoms with Crippen LogP contribution in [0.2, 0.25) is 0 Å². The van der Waals surface area contributed by atoms with E-state index in [2.05, 4.69) is 86.0 Å². The highest BCUT2D eigenvalue weighted by molar-refractivity contribution is 8.08. The molecule has 45 nitrogen and oxygen atoms in total. The number of sulfone groups is 7. The Balaban J connectivity index is 0.000000208. The number of ether oxygens (including phenoxy) is 3. The molecule has 0 saturated heterocycles. The zero-order chi connectivity index (χ0) is 111. The molecule has 4 atom stereocenters. The van der Waals surface area contributed by atoms with Gasteiger partial charge in [-0.3, -0.25) is 18.7 Å². The second-order valence-corrected chi connectivity index (χ2v) is 51.8. The first kappa shape index (κ1) is 120. The Hall–Kier alpha value is -11.2. The van der Waals surface area contributed by atoms with E-state index in [1.54, 1.807) is 101 Å². The summed E-state index contributed by atoms with van der Waals surface area (Å²) in [5.41, 5.74) is -11.6. The maximum Gasteiger partial charge on any atom is 0.388 e. The number of alkyl halides is 14. The molecule has 14 heterocycles. The quantitative estimate of drug-likeness (QED) is 0.0640. The van der Waals surface area contributed by atoms with Crippen LogP contribution in [0.25, 0.3) is 0 Å². The van der Waals surface area contributed by atoms with Crippen LogP contribution < -0.4 is 14.2 Å². The minimum absolute atomic E-state index is 0.0370. The smallest absolute Gasteiger partial charge is 0.388 e. The van der Waals surface area contributed by atoms with Crippen molar-refractivity contribution in [2.75, 3.05) is 0 Å². The lowest BCUT2D eigenvalue weighted by atomic mass is 10.1. The molecule has 0 aromatic carbocycles. The van der Waals surface area contributed by atoms with Gasteiger partial charge in [-0.25, -0.2) is 90.5 Å². The fourth-order valence-corrected chi connectivity index (χ4v) is 24.7. The fourth-order valence-electron chi connectivity index (χ4n) is 14.0. The monoisotopic (exact) mass is 2240 g/mol. The molecule has 14 rings (SSSR count). The molecule has 66 heteroatoms. The molecule has 7 aromatic heterocycles. The molecule has 820 valence electrons. The highest BCUT2D eigenvalue weighted by Gasteiger charge is 2.59. The van der Waals surface area contributed by atoms with E-state index in [1.165, 1.54) is 99.0 Å². The largest absolute Gasteiger partial charge is 0.417 e. The molecule has 4 unspecified atom stereocenters. The van der Waals surface area contributed by atoms with Gasteiger partial charge in [-0.2, -0.15) is 79.6 Å². The van der Waals surface area contributed by atoms with Crippen LogP contribution in [0.15, 0.2) is 60.9 Å². The van der Waals surface area contributed by atoms with E-state index in [0.29, 0.717) is 33.6 Å². The summed E-state index contributed by atoms with van der Waals surface area (Å²) in [4.78, 5) is 34.3. The summed E-state index contributed by atoms with van der Waals surface area (Å²) in [6, 6.07) is 0. The Morgan fingerprint density at radius 3 is 1.01 bits per heavy atom. The van der Waals surface area contributed by atoms with Gasteiger partial charge in [-0.15, -0.1) is 0 Å². The maximum atomic E-state index is 14.7. The van der Waals surface area contributed by atoms with E-state index in [4.69, 9.17) is 33.9 Å². The van der Waals surface area contributed by atoms with Crippen LogP contribution in [-0.2, 0) is 180 Å². The van der Waals surface area contributed by atoms with Crippen LogP contribution in [0, 0.1) is 48.5 Å². The lowest BCUT2D eigenvalue weighted by Crippen LogP contribution is -2.37. The standard InChI is InChI=1S/C12H15F4N3O4S.2C12H16F3N3O4S.C11H15F2N3O3S.2C11H16FN3O3S.C11H17N3O3S/c1-6-8(9(19(4)17-6)22-10(13)14)12(15,16)24(20,21)7-5-11(2,3)23-18-7;1-6-8(10(18(4)16-6)21-11(14)15)9(13)23(19,20)7-5-12(2,3)22-17-7;1-6-7(10(18(4)16-6)21-11(14)15)5-23(19,20)9-8(13)12(2,3)22-17-9;1-7-8(6-16(4)14-7)11(12,13)20(17,18)9-5-10(2,3)19-15-9;1-7-8(6-15(4)13-7)10(12)19(16,17)9-5-11(2,3)18-14-9;1-7-8(5-15(4)13-7)6-19(16,17)10-9(12)11(2,3)18-14-10;1-8-9(6-14(4)12-8)7-18(15,16)10-5-11(2,3)17-13-10/h10H,5H2,1-4H3;9,11H,5H2,1-4H3;8,11H,5H2,1-4H3;6H,5H2,1-4H3;6,10H,5H2,1-4H3;5,9H,6H2,1-4H3;6H,5,7H2,1-4H3. The van der Waals surface area contributed by atoms with Crippen molar-refractivity contribution in [2.45, 2.75) is 288 Å². The van der Waals surface area contributed by atoms with Gasteiger partial charge >= 0.3 is 30.3 Å². The van der Waals surface area contributed by atoms with E-state index in [0.717, 1.165) is 39.9 Å². The summed E-state index contributed by atoms with van der Waals surface area (Å²) in [6.07, 6.45) is 1.64. The molecule has 7 aliphatic rings. The molecule has 7 aliphatic heterocycles. The number of rotatable bonds is 20. The first-order chi connectivity index (χ1) is 66.1. The van der Waals surface area contributed by atoms with Crippen molar-refractivity contribution < 1.29 is 168 Å². The normalized spacial score (nSPS) is 19.4. The van der Waals surface area contributed by atoms with Gasteiger partial charge in [0.1, 0.15) is 33.6 Å². The minimum atomic E-state index is -5.32. The van der Waals surface area contributed by atoms with Crippen molar-refractivity contribution >= 4 is 104 Å². The number of hydrogen-bond donors (Lipinski definition) is 0. The van der Waals surface area contributed by atoms with E-state index >= 15 is 0 Å². The Bertz CT molecular complexity index is 7160. The van der Waals surface area contributed by atoms with E-state index < -0.39 is 233 Å². The van der Waals surface area contributed by atoms with Crippen molar-refractivity contribution in [1.29, 1.82) is 0 Å². The third-order valence-electron chi connectivity index (χ3n) is 21.4. The molecule has 7 aromatic rings. The highest BCUT2D eigenvalue weighted by atomic mass is 32.2. The molecule has 0 spiro atoms. The predicted octanol–water partition coefficient (Wildman–Crippen LogP) is 11.8. The molecular formula is C80H111F14N21O24S7. The Morgan fingerprint density at radius 2 is 0.664 bits per heavy atom. The zero-order valence-electron chi connectivity index (χ0n) is 83.8. The van der Waals surface area contributed by atoms with E-state index in [9.17, 15) is 120 Å². The summed E-state index contributed by atoms with van der Waals surface area (Å²) in [5, 5.41) is 38.7. The first-order valence-electron chi connectivity index (χ1n) is 42.8. The molecule has 0 radical (unpaired) electrons. The lowest BCUT2D eigenvalue weighted by molar-refractivity contribution is -0.0586. The summed E-state index contributed by atoms with van der Waals surface area (Å²) in [6.45, 7) is 22.3. The fraction of sp³-hybridized carbons (Fsp3) is 0.650. The second-order valence-electron chi connectivity index (χ2n) is 38.0. The minimum Gasteiger partial charge on any atom is -0.417 e. The van der Waals surface area contributed by atoms with Gasteiger partial charge in [0.05, 0.1) is 73.8 Å². The van der Waals surface area contributed by atoms with Crippen molar-refractivity contribution in [2.24, 2.45) is 85.4 Å². The Labute approximate surface area is 830 Å². The van der Waals surface area contributed by atoms with Crippen LogP contribution in [0.1, 0.15) is 219 Å². The van der Waals surface area contributed by atoms with Crippen LogP contribution in [0.5, 0.6) is 17.6 Å². The van der Waals surface area contributed by atoms with Gasteiger partial charge < -0.3 is 48.1 Å². The van der Waals surface area contributed by atoms with Gasteiger partial charge in [0.25, 0.3) is 19.7 Å². The van der Waals surface area contributed by atoms with Gasteiger partial charge in [-0.1, -0.05) is 36.1 Å². The summed E-state index contributed by atoms with van der Waals surface area (Å²) in [5.74, 6) is -3.25. The molecule has 0 saturated carbocycles. The van der Waals surface area contributed by atoms with Crippen molar-refractivity contribution in [1.82, 2.24) is 68.5 Å². The maximum absolute atomic E-state index is 14.7. The summed E-state index contributed by atoms with van der Waals surface area (Å²) >= 11 is 0. The number of aromatic nitrogens is 14. The lowest BCUT2D eigenvalue weighted by Gasteiger charge is -2.18. The number of halogens is 14. The SMILES string of the molecule is Cc1nn(C)c(OC(F)F)c1C(F)(F)S(=O)(=O)C1=NOC(C)(C)C1.Cc1nn(C)c(OC(F)F)c1C(F)S(=O)(=O)C1=NOC(C)(C)C1.Cc1nn(C)c(OC(F)F)c1CS(=O)(=O)C1=NOC(C)(C)C1F.Cc1nn(C)cc1C(F)(F)S(=O)(=O)C1=NOC(C)(C)C1.Cc1nn(C)cc1C(F)S(=O)(=O)C1=NOC(C)(C)C1.Cc1nn(C)cc1CS(=O)(=O)C1=NOC(C)(C)C1.Cc1nn(C)cc1CS(=O)(=O)C1=NOC(C)(C)C1F. The summed E-state index contributed by atoms with van der Waals surface area (Å²) < 4.78 is 382. The molecular weight excluding hydrogens is 2130 g/mol. The van der Waals surface area contributed by atoms with Gasteiger partial charge in [0.2, 0.25) is 78.1 Å². The van der Waals surface area contributed by atoms with Crippen LogP contribution in [-0.4, -0.2) is 234 Å². The number of aryl methyl sites for hydroxylation is 14. The van der Waals surface area contributed by atoms with Crippen molar-refractivity contribution in [3.05, 3.63) is 104 Å². The molecule has 0 N–H and O–H groups in total. The van der Waals surface area contributed by atoms with Gasteiger partial charge in [0.15, 0.2) is 58.6 Å². The topological polar surface area (TPSA) is 543 Å².